The molecule has 4 aromatic carbocycles. The normalized spacial score (nSPS) is 10.1. The molecule has 0 bridgehead atoms. The SMILES string of the molecule is O=C(Nc1ccccc1)c1ccccc1I.O=C(Nc1ccccc1-c1ccc(Cl)cc1)c1cccnc1Cl. The van der Waals surface area contributed by atoms with Crippen molar-refractivity contribution >= 4 is 69.0 Å². The zero-order valence-electron chi connectivity index (χ0n) is 20.4. The van der Waals surface area contributed by atoms with Gasteiger partial charge in [-0.05, 0) is 82.8 Å². The van der Waals surface area contributed by atoms with E-state index in [9.17, 15) is 9.59 Å². The van der Waals surface area contributed by atoms with Gasteiger partial charge in [-0.15, -0.1) is 0 Å². The smallest absolute Gasteiger partial charge is 0.258 e. The van der Waals surface area contributed by atoms with Crippen LogP contribution in [0.1, 0.15) is 20.7 Å². The Morgan fingerprint density at radius 2 is 1.26 bits per heavy atom. The maximum Gasteiger partial charge on any atom is 0.258 e. The minimum atomic E-state index is -0.301. The van der Waals surface area contributed by atoms with Crippen LogP contribution in [0.2, 0.25) is 10.2 Å². The number of rotatable bonds is 5. The van der Waals surface area contributed by atoms with E-state index in [-0.39, 0.29) is 17.0 Å². The Hall–Kier alpha value is -3.72. The number of pyridine rings is 1. The largest absolute Gasteiger partial charge is 0.322 e. The molecule has 1 heterocycles. The Kier molecular flexibility index (Phi) is 10.1. The molecule has 0 aliphatic heterocycles. The van der Waals surface area contributed by atoms with E-state index >= 15 is 0 Å². The molecule has 1 aromatic heterocycles. The molecular weight excluding hydrogens is 644 g/mol. The highest BCUT2D eigenvalue weighted by molar-refractivity contribution is 14.1. The summed E-state index contributed by atoms with van der Waals surface area (Å²) in [5, 5.41) is 6.58. The van der Waals surface area contributed by atoms with Crippen LogP contribution < -0.4 is 10.6 Å². The first-order chi connectivity index (χ1) is 18.9. The number of carbonyl (C=O) groups excluding carboxylic acids is 2. The molecule has 5 rings (SSSR count). The number of aromatic nitrogens is 1. The summed E-state index contributed by atoms with van der Waals surface area (Å²) in [5.41, 5.74) is 4.40. The van der Waals surface area contributed by atoms with Crippen molar-refractivity contribution in [3.63, 3.8) is 0 Å². The second-order valence-electron chi connectivity index (χ2n) is 8.15. The molecule has 0 spiro atoms. The fourth-order valence-corrected chi connectivity index (χ4v) is 4.55. The van der Waals surface area contributed by atoms with Crippen molar-refractivity contribution in [2.24, 2.45) is 0 Å². The summed E-state index contributed by atoms with van der Waals surface area (Å²) in [5.74, 6) is -0.374. The van der Waals surface area contributed by atoms with E-state index in [0.29, 0.717) is 21.8 Å². The Morgan fingerprint density at radius 1 is 0.641 bits per heavy atom. The summed E-state index contributed by atoms with van der Waals surface area (Å²) in [6.07, 6.45) is 1.54. The highest BCUT2D eigenvalue weighted by atomic mass is 127. The molecule has 0 saturated carbocycles. The molecular formula is C31H22Cl2IN3O2. The lowest BCUT2D eigenvalue weighted by atomic mass is 10.0. The van der Waals surface area contributed by atoms with Gasteiger partial charge in [0.15, 0.2) is 0 Å². The second-order valence-corrected chi connectivity index (χ2v) is 10.1. The minimum absolute atomic E-state index is 0.0730. The maximum absolute atomic E-state index is 12.4. The summed E-state index contributed by atoms with van der Waals surface area (Å²) in [4.78, 5) is 28.3. The summed E-state index contributed by atoms with van der Waals surface area (Å²) in [6, 6.07) is 35.3. The van der Waals surface area contributed by atoms with Crippen molar-refractivity contribution in [3.05, 3.63) is 146 Å². The van der Waals surface area contributed by atoms with Gasteiger partial charge in [-0.1, -0.05) is 83.9 Å². The first-order valence-electron chi connectivity index (χ1n) is 11.8. The molecule has 5 aromatic rings. The van der Waals surface area contributed by atoms with Gasteiger partial charge in [0.2, 0.25) is 0 Å². The van der Waals surface area contributed by atoms with Crippen LogP contribution in [0.25, 0.3) is 11.1 Å². The molecule has 0 unspecified atom stereocenters. The molecule has 0 fully saturated rings. The molecule has 8 heteroatoms. The zero-order valence-corrected chi connectivity index (χ0v) is 24.1. The van der Waals surface area contributed by atoms with Gasteiger partial charge in [-0.3, -0.25) is 9.59 Å². The van der Waals surface area contributed by atoms with Crippen LogP contribution in [0.4, 0.5) is 11.4 Å². The molecule has 39 heavy (non-hydrogen) atoms. The maximum atomic E-state index is 12.4. The van der Waals surface area contributed by atoms with Gasteiger partial charge < -0.3 is 10.6 Å². The number of anilines is 2. The van der Waals surface area contributed by atoms with Gasteiger partial charge in [-0.2, -0.15) is 0 Å². The molecule has 0 saturated heterocycles. The Morgan fingerprint density at radius 3 is 1.97 bits per heavy atom. The number of benzene rings is 4. The van der Waals surface area contributed by atoms with Crippen LogP contribution in [-0.2, 0) is 0 Å². The van der Waals surface area contributed by atoms with E-state index in [0.717, 1.165) is 20.4 Å². The quantitative estimate of drug-likeness (QED) is 0.146. The second kappa shape index (κ2) is 13.9. The first kappa shape index (κ1) is 28.3. The third kappa shape index (κ3) is 7.89. The average Bonchev–Trinajstić information content (AvgIpc) is 2.95. The van der Waals surface area contributed by atoms with Gasteiger partial charge >= 0.3 is 0 Å². The lowest BCUT2D eigenvalue weighted by molar-refractivity contribution is 0.101. The van der Waals surface area contributed by atoms with Crippen molar-refractivity contribution in [1.29, 1.82) is 0 Å². The molecule has 0 radical (unpaired) electrons. The van der Waals surface area contributed by atoms with Crippen molar-refractivity contribution in [1.82, 2.24) is 4.98 Å². The topological polar surface area (TPSA) is 71.1 Å². The molecule has 2 amide bonds. The van der Waals surface area contributed by atoms with Crippen molar-refractivity contribution in [2.75, 3.05) is 10.6 Å². The Bertz CT molecular complexity index is 1580. The van der Waals surface area contributed by atoms with Crippen molar-refractivity contribution in [2.45, 2.75) is 0 Å². The summed E-state index contributed by atoms with van der Waals surface area (Å²) in [6.45, 7) is 0. The molecule has 2 N–H and O–H groups in total. The number of nitrogens with zero attached hydrogens (tertiary/aromatic N) is 1. The number of carbonyl (C=O) groups is 2. The third-order valence-electron chi connectivity index (χ3n) is 5.48. The molecule has 0 aliphatic carbocycles. The number of halogens is 3. The van der Waals surface area contributed by atoms with E-state index in [1.54, 1.807) is 18.3 Å². The fraction of sp³-hybridized carbons (Fsp3) is 0. The highest BCUT2D eigenvalue weighted by Gasteiger charge is 2.13. The van der Waals surface area contributed by atoms with Crippen LogP contribution in [0.5, 0.6) is 0 Å². The number of hydrogen-bond donors (Lipinski definition) is 2. The fourth-order valence-electron chi connectivity index (χ4n) is 3.58. The summed E-state index contributed by atoms with van der Waals surface area (Å²) < 4.78 is 0.952. The predicted molar refractivity (Wildman–Crippen MR) is 168 cm³/mol. The minimum Gasteiger partial charge on any atom is -0.322 e. The predicted octanol–water partition coefficient (Wildman–Crippen LogP) is 8.85. The van der Waals surface area contributed by atoms with Crippen LogP contribution in [0.3, 0.4) is 0 Å². The van der Waals surface area contributed by atoms with E-state index in [1.807, 2.05) is 103 Å². The number of nitrogens with one attached hydrogen (secondary N) is 2. The summed E-state index contributed by atoms with van der Waals surface area (Å²) >= 11 is 14.1. The van der Waals surface area contributed by atoms with E-state index in [2.05, 4.69) is 38.2 Å². The van der Waals surface area contributed by atoms with Gasteiger partial charge in [0.25, 0.3) is 11.8 Å². The lowest BCUT2D eigenvalue weighted by Crippen LogP contribution is -2.13. The highest BCUT2D eigenvalue weighted by Crippen LogP contribution is 2.29. The van der Waals surface area contributed by atoms with Gasteiger partial charge in [-0.25, -0.2) is 4.98 Å². The van der Waals surface area contributed by atoms with Gasteiger partial charge in [0.05, 0.1) is 11.1 Å². The van der Waals surface area contributed by atoms with Crippen molar-refractivity contribution in [3.8, 4) is 11.1 Å². The van der Waals surface area contributed by atoms with Crippen LogP contribution in [0, 0.1) is 3.57 Å². The lowest BCUT2D eigenvalue weighted by Gasteiger charge is -2.12. The number of para-hydroxylation sites is 2. The van der Waals surface area contributed by atoms with Gasteiger partial charge in [0, 0.05) is 31.7 Å². The zero-order chi connectivity index (χ0) is 27.6. The van der Waals surface area contributed by atoms with E-state index in [1.165, 1.54) is 0 Å². The molecule has 0 atom stereocenters. The Labute approximate surface area is 250 Å². The standard InChI is InChI=1S/C18H12Cl2N2O.C13H10INO/c19-13-9-7-12(8-10-13)14-4-1-2-6-16(14)22-18(23)15-5-3-11-21-17(15)20;14-12-9-5-4-8-11(12)13(16)15-10-6-2-1-3-7-10/h1-11H,(H,22,23);1-9H,(H,15,16). The van der Waals surface area contributed by atoms with Crippen LogP contribution >= 0.6 is 45.8 Å². The van der Waals surface area contributed by atoms with Gasteiger partial charge in [0.1, 0.15) is 5.15 Å². The monoisotopic (exact) mass is 665 g/mol. The van der Waals surface area contributed by atoms with E-state index in [4.69, 9.17) is 23.2 Å². The summed E-state index contributed by atoms with van der Waals surface area (Å²) in [7, 11) is 0. The van der Waals surface area contributed by atoms with Crippen LogP contribution in [-0.4, -0.2) is 16.8 Å². The average molecular weight is 666 g/mol. The van der Waals surface area contributed by atoms with E-state index < -0.39 is 0 Å². The molecule has 5 nitrogen and oxygen atoms in total. The molecule has 194 valence electrons. The number of hydrogen-bond acceptors (Lipinski definition) is 3. The third-order valence-corrected chi connectivity index (χ3v) is 6.98. The Balaban J connectivity index is 0.000000193. The number of amides is 2. The van der Waals surface area contributed by atoms with Crippen molar-refractivity contribution < 1.29 is 9.59 Å². The van der Waals surface area contributed by atoms with Crippen LogP contribution in [0.15, 0.2) is 121 Å². The first-order valence-corrected chi connectivity index (χ1v) is 13.6. The molecule has 0 aliphatic rings.